The van der Waals surface area contributed by atoms with E-state index in [2.05, 4.69) is 0 Å². The van der Waals surface area contributed by atoms with E-state index in [1.807, 2.05) is 13.8 Å². The molecular weight excluding hydrogens is 352 g/mol. The number of aliphatic hydroxyl groups is 1. The molecule has 0 spiro atoms. The highest BCUT2D eigenvalue weighted by atomic mass is 16.6. The first-order valence-electron chi connectivity index (χ1n) is 9.23. The first-order chi connectivity index (χ1) is 13.0. The van der Waals surface area contributed by atoms with Crippen molar-refractivity contribution in [3.8, 4) is 5.75 Å². The van der Waals surface area contributed by atoms with Gasteiger partial charge >= 0.3 is 0 Å². The number of ether oxygens (including phenoxy) is 2. The zero-order valence-corrected chi connectivity index (χ0v) is 15.5. The Balaban J connectivity index is 1.98. The summed E-state index contributed by atoms with van der Waals surface area (Å²) in [6, 6.07) is 3.57. The van der Waals surface area contributed by atoms with E-state index in [4.69, 9.17) is 9.47 Å². The fraction of sp³-hybridized carbons (Fsp3) is 0.526. The van der Waals surface area contributed by atoms with Crippen molar-refractivity contribution >= 4 is 11.6 Å². The van der Waals surface area contributed by atoms with E-state index in [0.29, 0.717) is 30.1 Å². The highest BCUT2D eigenvalue weighted by Crippen LogP contribution is 2.42. The Bertz CT molecular complexity index is 763. The molecule has 0 bridgehead atoms. The fourth-order valence-corrected chi connectivity index (χ4v) is 3.62. The molecule has 1 aromatic carbocycles. The molecule has 146 valence electrons. The van der Waals surface area contributed by atoms with Crippen LogP contribution in [-0.2, 0) is 9.53 Å². The topological polar surface area (TPSA) is 102 Å². The zero-order chi connectivity index (χ0) is 19.6. The van der Waals surface area contributed by atoms with Crippen molar-refractivity contribution in [3.63, 3.8) is 0 Å². The number of aliphatic hydroxyl groups excluding tert-OH is 1. The molecule has 8 nitrogen and oxygen atoms in total. The lowest BCUT2D eigenvalue weighted by Gasteiger charge is -2.41. The third-order valence-corrected chi connectivity index (χ3v) is 4.91. The molecule has 1 aromatic rings. The zero-order valence-electron chi connectivity index (χ0n) is 15.5. The van der Waals surface area contributed by atoms with Gasteiger partial charge in [-0.25, -0.2) is 0 Å². The van der Waals surface area contributed by atoms with Gasteiger partial charge in [-0.1, -0.05) is 13.3 Å². The summed E-state index contributed by atoms with van der Waals surface area (Å²) in [4.78, 5) is 24.7. The molecule has 3 atom stereocenters. The maximum atomic E-state index is 12.5. The number of benzene rings is 1. The van der Waals surface area contributed by atoms with Crippen LogP contribution in [0.1, 0.15) is 44.7 Å². The standard InChI is InChI=1S/C19H24N2O6/c1-3-5-6-16-19(23)18(20-11-13(26-4-2)10-17(20)22)14-9-12(21(24)25)7-8-15(14)27-16/h7-10,16,18-19,23H,3-6,11H2,1-2H3/t16-,18?,19-/m0/s1. The van der Waals surface area contributed by atoms with Crippen LogP contribution in [0.2, 0.25) is 0 Å². The van der Waals surface area contributed by atoms with Crippen LogP contribution in [-0.4, -0.2) is 46.2 Å². The average molecular weight is 376 g/mol. The molecule has 0 aromatic heterocycles. The van der Waals surface area contributed by atoms with Gasteiger partial charge < -0.3 is 19.5 Å². The molecule has 27 heavy (non-hydrogen) atoms. The Hall–Kier alpha value is -2.61. The van der Waals surface area contributed by atoms with Gasteiger partial charge in [-0.15, -0.1) is 0 Å². The lowest BCUT2D eigenvalue weighted by molar-refractivity contribution is -0.385. The smallest absolute Gasteiger partial charge is 0.270 e. The van der Waals surface area contributed by atoms with Gasteiger partial charge in [0, 0.05) is 23.8 Å². The summed E-state index contributed by atoms with van der Waals surface area (Å²) < 4.78 is 11.4. The summed E-state index contributed by atoms with van der Waals surface area (Å²) in [7, 11) is 0. The number of unbranched alkanes of at least 4 members (excludes halogenated alkanes) is 1. The van der Waals surface area contributed by atoms with E-state index < -0.39 is 23.2 Å². The highest BCUT2D eigenvalue weighted by Gasteiger charge is 2.44. The van der Waals surface area contributed by atoms with Gasteiger partial charge in [-0.2, -0.15) is 0 Å². The minimum atomic E-state index is -0.982. The van der Waals surface area contributed by atoms with Crippen molar-refractivity contribution in [1.82, 2.24) is 4.90 Å². The lowest BCUT2D eigenvalue weighted by atomic mass is 9.90. The van der Waals surface area contributed by atoms with Crippen molar-refractivity contribution in [2.45, 2.75) is 51.4 Å². The van der Waals surface area contributed by atoms with Crippen molar-refractivity contribution in [2.75, 3.05) is 13.2 Å². The van der Waals surface area contributed by atoms with Gasteiger partial charge in [0.1, 0.15) is 23.7 Å². The second-order valence-electron chi connectivity index (χ2n) is 6.72. The average Bonchev–Trinajstić information content (AvgIpc) is 2.99. The normalized spacial score (nSPS) is 24.3. The SMILES string of the molecule is CCCC[C@@H]1Oc2ccc([N+](=O)[O-])cc2C(N2CC(OCC)=CC2=O)[C@H]1O. The molecule has 0 radical (unpaired) electrons. The molecule has 0 saturated heterocycles. The Morgan fingerprint density at radius 1 is 1.41 bits per heavy atom. The number of nitro groups is 1. The molecule has 2 aliphatic rings. The summed E-state index contributed by atoms with van der Waals surface area (Å²) >= 11 is 0. The molecule has 1 N–H and O–H groups in total. The predicted octanol–water partition coefficient (Wildman–Crippen LogP) is 2.71. The molecular formula is C19H24N2O6. The number of non-ortho nitro benzene ring substituents is 1. The first-order valence-corrected chi connectivity index (χ1v) is 9.23. The van der Waals surface area contributed by atoms with Crippen LogP contribution in [0.15, 0.2) is 30.0 Å². The third-order valence-electron chi connectivity index (χ3n) is 4.91. The number of hydrogen-bond donors (Lipinski definition) is 1. The summed E-state index contributed by atoms with van der Waals surface area (Å²) in [5, 5.41) is 22.2. The van der Waals surface area contributed by atoms with Crippen LogP contribution in [0.25, 0.3) is 0 Å². The largest absolute Gasteiger partial charge is 0.496 e. The van der Waals surface area contributed by atoms with E-state index in [0.717, 1.165) is 12.8 Å². The summed E-state index contributed by atoms with van der Waals surface area (Å²) in [6.45, 7) is 4.53. The van der Waals surface area contributed by atoms with Crippen LogP contribution in [0.4, 0.5) is 5.69 Å². The first kappa shape index (κ1) is 19.2. The number of amides is 1. The molecule has 0 fully saturated rings. The van der Waals surface area contributed by atoms with Gasteiger partial charge in [0.2, 0.25) is 0 Å². The van der Waals surface area contributed by atoms with Crippen LogP contribution < -0.4 is 4.74 Å². The van der Waals surface area contributed by atoms with E-state index in [9.17, 15) is 20.0 Å². The molecule has 0 saturated carbocycles. The number of hydrogen-bond acceptors (Lipinski definition) is 6. The number of nitrogens with zero attached hydrogens (tertiary/aromatic N) is 2. The Morgan fingerprint density at radius 3 is 2.85 bits per heavy atom. The molecule has 2 aliphatic heterocycles. The molecule has 8 heteroatoms. The van der Waals surface area contributed by atoms with Crippen molar-refractivity contribution < 1.29 is 24.3 Å². The van der Waals surface area contributed by atoms with E-state index in [-0.39, 0.29) is 18.1 Å². The second-order valence-corrected chi connectivity index (χ2v) is 6.72. The van der Waals surface area contributed by atoms with Gasteiger partial charge in [0.25, 0.3) is 11.6 Å². The van der Waals surface area contributed by atoms with Gasteiger partial charge in [-0.05, 0) is 25.8 Å². The van der Waals surface area contributed by atoms with Gasteiger partial charge in [-0.3, -0.25) is 14.9 Å². The number of rotatable bonds is 7. The van der Waals surface area contributed by atoms with Crippen molar-refractivity contribution in [1.29, 1.82) is 0 Å². The van der Waals surface area contributed by atoms with E-state index in [1.165, 1.54) is 23.1 Å². The Labute approximate surface area is 157 Å². The number of carbonyl (C=O) groups is 1. The van der Waals surface area contributed by atoms with Crippen LogP contribution in [0.5, 0.6) is 5.75 Å². The number of carbonyl (C=O) groups excluding carboxylic acids is 1. The minimum Gasteiger partial charge on any atom is -0.496 e. The van der Waals surface area contributed by atoms with Crippen molar-refractivity contribution in [2.24, 2.45) is 0 Å². The fourth-order valence-electron chi connectivity index (χ4n) is 3.62. The van der Waals surface area contributed by atoms with Crippen LogP contribution >= 0.6 is 0 Å². The van der Waals surface area contributed by atoms with Gasteiger partial charge in [0.15, 0.2) is 0 Å². The van der Waals surface area contributed by atoms with Crippen LogP contribution in [0, 0.1) is 10.1 Å². The number of nitro benzene ring substituents is 1. The molecule has 1 unspecified atom stereocenters. The molecule has 0 aliphatic carbocycles. The van der Waals surface area contributed by atoms with Crippen LogP contribution in [0.3, 0.4) is 0 Å². The summed E-state index contributed by atoms with van der Waals surface area (Å²) in [5.74, 6) is 0.712. The van der Waals surface area contributed by atoms with E-state index in [1.54, 1.807) is 6.07 Å². The maximum absolute atomic E-state index is 12.5. The maximum Gasteiger partial charge on any atom is 0.270 e. The molecule has 1 amide bonds. The third kappa shape index (κ3) is 3.75. The van der Waals surface area contributed by atoms with E-state index >= 15 is 0 Å². The lowest BCUT2D eigenvalue weighted by Crippen LogP contribution is -2.48. The molecule has 2 heterocycles. The molecule has 3 rings (SSSR count). The highest BCUT2D eigenvalue weighted by molar-refractivity contribution is 5.91. The summed E-state index contributed by atoms with van der Waals surface area (Å²) in [5.41, 5.74) is 0.343. The minimum absolute atomic E-state index is 0.105. The number of fused-ring (bicyclic) bond motifs is 1. The second kappa shape index (κ2) is 7.96. The quantitative estimate of drug-likeness (QED) is 0.580. The Morgan fingerprint density at radius 2 is 2.19 bits per heavy atom. The predicted molar refractivity (Wildman–Crippen MR) is 97.2 cm³/mol. The van der Waals surface area contributed by atoms with Crippen molar-refractivity contribution in [3.05, 3.63) is 45.7 Å². The van der Waals surface area contributed by atoms with Gasteiger partial charge in [0.05, 0.1) is 24.1 Å². The monoisotopic (exact) mass is 376 g/mol. The summed E-state index contributed by atoms with van der Waals surface area (Å²) in [6.07, 6.45) is 2.40. The Kier molecular flexibility index (Phi) is 5.65.